The van der Waals surface area contributed by atoms with E-state index in [1.54, 1.807) is 0 Å². The van der Waals surface area contributed by atoms with Crippen LogP contribution >= 0.6 is 0 Å². The molecule has 0 saturated carbocycles. The van der Waals surface area contributed by atoms with E-state index >= 15 is 0 Å². The molecule has 4 aromatic rings. The van der Waals surface area contributed by atoms with Gasteiger partial charge in [0.05, 0.1) is 12.1 Å². The fourth-order valence-corrected chi connectivity index (χ4v) is 4.12. The summed E-state index contributed by atoms with van der Waals surface area (Å²) in [6.07, 6.45) is 11.0. The van der Waals surface area contributed by atoms with Gasteiger partial charge >= 0.3 is 0 Å². The van der Waals surface area contributed by atoms with E-state index in [0.717, 1.165) is 53.9 Å². The van der Waals surface area contributed by atoms with Gasteiger partial charge in [-0.1, -0.05) is 6.07 Å². The molecule has 1 fully saturated rings. The molecular weight excluding hydrogens is 372 g/mol. The normalized spacial score (nSPS) is 14.4. The third-order valence-electron chi connectivity index (χ3n) is 5.62. The van der Waals surface area contributed by atoms with Crippen molar-refractivity contribution in [3.63, 3.8) is 0 Å². The maximum absolute atomic E-state index is 4.92. The first-order chi connectivity index (χ1) is 14.7. The third kappa shape index (κ3) is 4.17. The van der Waals surface area contributed by atoms with Crippen molar-refractivity contribution in [1.29, 1.82) is 0 Å². The number of aromatic nitrogens is 5. The van der Waals surface area contributed by atoms with Crippen LogP contribution in [0.5, 0.6) is 0 Å². The maximum Gasteiger partial charge on any atom is 0.136 e. The van der Waals surface area contributed by atoms with E-state index in [2.05, 4.69) is 45.3 Å². The van der Waals surface area contributed by atoms with E-state index in [1.165, 1.54) is 24.8 Å². The fourth-order valence-electron chi connectivity index (χ4n) is 4.12. The Morgan fingerprint density at radius 3 is 2.63 bits per heavy atom. The van der Waals surface area contributed by atoms with Crippen molar-refractivity contribution >= 4 is 11.5 Å². The van der Waals surface area contributed by atoms with Gasteiger partial charge in [-0.15, -0.1) is 0 Å². The number of anilines is 1. The monoisotopic (exact) mass is 398 g/mol. The molecule has 6 nitrogen and oxygen atoms in total. The molecule has 6 heteroatoms. The number of hydrogen-bond acceptors (Lipinski definition) is 5. The van der Waals surface area contributed by atoms with Crippen LogP contribution in [0, 0.1) is 6.92 Å². The molecule has 0 spiro atoms. The van der Waals surface area contributed by atoms with Crippen molar-refractivity contribution in [3.05, 3.63) is 83.5 Å². The van der Waals surface area contributed by atoms with Crippen molar-refractivity contribution in [2.45, 2.75) is 39.0 Å². The predicted molar refractivity (Wildman–Crippen MR) is 118 cm³/mol. The molecule has 1 aliphatic rings. The molecule has 0 radical (unpaired) electrons. The second-order valence-corrected chi connectivity index (χ2v) is 8.03. The summed E-state index contributed by atoms with van der Waals surface area (Å²) < 4.78 is 2.03. The summed E-state index contributed by atoms with van der Waals surface area (Å²) in [5.74, 6) is 1.89. The van der Waals surface area contributed by atoms with Gasteiger partial charge in [0.1, 0.15) is 17.3 Å². The SMILES string of the molecule is Cc1cccc(Cc2nc(Cc3ccn4ccnc4c3)cc(N3CCCCC3)n2)n1. The van der Waals surface area contributed by atoms with Crippen LogP contribution in [0.1, 0.15) is 47.7 Å². The minimum Gasteiger partial charge on any atom is -0.357 e. The highest BCUT2D eigenvalue weighted by atomic mass is 15.2. The van der Waals surface area contributed by atoms with Gasteiger partial charge in [0.15, 0.2) is 0 Å². The van der Waals surface area contributed by atoms with Crippen LogP contribution in [0.25, 0.3) is 5.65 Å². The predicted octanol–water partition coefficient (Wildman–Crippen LogP) is 4.00. The summed E-state index contributed by atoms with van der Waals surface area (Å²) in [4.78, 5) is 21.3. The lowest BCUT2D eigenvalue weighted by Crippen LogP contribution is -2.30. The van der Waals surface area contributed by atoms with Gasteiger partial charge in [-0.2, -0.15) is 0 Å². The van der Waals surface area contributed by atoms with Gasteiger partial charge in [-0.25, -0.2) is 15.0 Å². The molecule has 0 aromatic carbocycles. The topological polar surface area (TPSA) is 59.2 Å². The molecule has 5 heterocycles. The number of pyridine rings is 2. The van der Waals surface area contributed by atoms with E-state index in [4.69, 9.17) is 9.97 Å². The minimum absolute atomic E-state index is 0.648. The summed E-state index contributed by atoms with van der Waals surface area (Å²) in [6, 6.07) is 12.5. The summed E-state index contributed by atoms with van der Waals surface area (Å²) in [5, 5.41) is 0. The standard InChI is InChI=1S/C24H26N6/c1-18-6-5-7-20(26-18)16-22-27-21(17-24(28-22)29-10-3-2-4-11-29)14-19-8-12-30-13-9-25-23(30)15-19/h5-9,12-13,15,17H,2-4,10-11,14,16H2,1H3. The molecule has 0 aliphatic carbocycles. The number of rotatable bonds is 5. The lowest BCUT2D eigenvalue weighted by atomic mass is 10.1. The number of aryl methyl sites for hydroxylation is 1. The molecule has 0 bridgehead atoms. The molecule has 0 atom stereocenters. The van der Waals surface area contributed by atoms with E-state index < -0.39 is 0 Å². The van der Waals surface area contributed by atoms with Crippen molar-refractivity contribution in [3.8, 4) is 0 Å². The van der Waals surface area contributed by atoms with Gasteiger partial charge < -0.3 is 9.30 Å². The molecule has 1 aliphatic heterocycles. The fraction of sp³-hybridized carbons (Fsp3) is 0.333. The molecule has 0 N–H and O–H groups in total. The average Bonchev–Trinajstić information content (AvgIpc) is 3.22. The Labute approximate surface area is 176 Å². The van der Waals surface area contributed by atoms with E-state index in [0.29, 0.717) is 6.42 Å². The summed E-state index contributed by atoms with van der Waals surface area (Å²) >= 11 is 0. The molecule has 5 rings (SSSR count). The highest BCUT2D eigenvalue weighted by Crippen LogP contribution is 2.21. The minimum atomic E-state index is 0.648. The highest BCUT2D eigenvalue weighted by Gasteiger charge is 2.15. The van der Waals surface area contributed by atoms with Crippen LogP contribution in [0.2, 0.25) is 0 Å². The van der Waals surface area contributed by atoms with Crippen molar-refractivity contribution in [2.75, 3.05) is 18.0 Å². The Bertz CT molecular complexity index is 1160. The first-order valence-electron chi connectivity index (χ1n) is 10.7. The molecule has 4 aromatic heterocycles. The second-order valence-electron chi connectivity index (χ2n) is 8.03. The van der Waals surface area contributed by atoms with Gasteiger partial charge in [0, 0.05) is 55.6 Å². The smallest absolute Gasteiger partial charge is 0.136 e. The highest BCUT2D eigenvalue weighted by molar-refractivity contribution is 5.45. The Morgan fingerprint density at radius 1 is 0.867 bits per heavy atom. The lowest BCUT2D eigenvalue weighted by Gasteiger charge is -2.28. The van der Waals surface area contributed by atoms with E-state index in [9.17, 15) is 0 Å². The van der Waals surface area contributed by atoms with Crippen LogP contribution in [-0.2, 0) is 12.8 Å². The second kappa shape index (κ2) is 8.22. The molecule has 152 valence electrons. The Morgan fingerprint density at radius 2 is 1.77 bits per heavy atom. The van der Waals surface area contributed by atoms with Gasteiger partial charge in [0.2, 0.25) is 0 Å². The van der Waals surface area contributed by atoms with Crippen molar-refractivity contribution in [2.24, 2.45) is 0 Å². The zero-order chi connectivity index (χ0) is 20.3. The van der Waals surface area contributed by atoms with Gasteiger partial charge in [0.25, 0.3) is 0 Å². The summed E-state index contributed by atoms with van der Waals surface area (Å²) in [7, 11) is 0. The Kier molecular flexibility index (Phi) is 5.13. The van der Waals surface area contributed by atoms with Crippen LogP contribution in [0.3, 0.4) is 0 Å². The lowest BCUT2D eigenvalue weighted by molar-refractivity contribution is 0.571. The van der Waals surface area contributed by atoms with E-state index in [1.807, 2.05) is 35.9 Å². The van der Waals surface area contributed by atoms with Gasteiger partial charge in [-0.05, 0) is 56.0 Å². The maximum atomic E-state index is 4.92. The Balaban J connectivity index is 1.47. The van der Waals surface area contributed by atoms with Crippen LogP contribution < -0.4 is 4.90 Å². The number of fused-ring (bicyclic) bond motifs is 1. The zero-order valence-corrected chi connectivity index (χ0v) is 17.3. The summed E-state index contributed by atoms with van der Waals surface area (Å²) in [5.41, 5.74) is 5.24. The van der Waals surface area contributed by atoms with Crippen LogP contribution in [0.4, 0.5) is 5.82 Å². The zero-order valence-electron chi connectivity index (χ0n) is 17.3. The molecular formula is C24H26N6. The first-order valence-corrected chi connectivity index (χ1v) is 10.7. The van der Waals surface area contributed by atoms with Crippen LogP contribution in [-0.4, -0.2) is 37.4 Å². The number of imidazole rings is 1. The van der Waals surface area contributed by atoms with E-state index in [-0.39, 0.29) is 0 Å². The molecule has 0 amide bonds. The van der Waals surface area contributed by atoms with Crippen LogP contribution in [0.15, 0.2) is 55.0 Å². The molecule has 0 unspecified atom stereocenters. The van der Waals surface area contributed by atoms with Gasteiger partial charge in [-0.3, -0.25) is 4.98 Å². The average molecular weight is 399 g/mol. The number of nitrogens with zero attached hydrogens (tertiary/aromatic N) is 6. The number of piperidine rings is 1. The molecule has 30 heavy (non-hydrogen) atoms. The molecule has 1 saturated heterocycles. The first kappa shape index (κ1) is 18.7. The summed E-state index contributed by atoms with van der Waals surface area (Å²) in [6.45, 7) is 4.16. The Hall–Kier alpha value is -3.28. The quantitative estimate of drug-likeness (QED) is 0.509. The largest absolute Gasteiger partial charge is 0.357 e. The van der Waals surface area contributed by atoms with Crippen molar-refractivity contribution < 1.29 is 0 Å². The third-order valence-corrected chi connectivity index (χ3v) is 5.62. The van der Waals surface area contributed by atoms with Crippen molar-refractivity contribution in [1.82, 2.24) is 24.3 Å². The number of hydrogen-bond donors (Lipinski definition) is 0.